The van der Waals surface area contributed by atoms with Crippen LogP contribution in [0.3, 0.4) is 0 Å². The monoisotopic (exact) mass is 399 g/mol. The average Bonchev–Trinajstić information content (AvgIpc) is 3.21. The van der Waals surface area contributed by atoms with Crippen LogP contribution in [-0.2, 0) is 14.3 Å². The van der Waals surface area contributed by atoms with Gasteiger partial charge in [-0.25, -0.2) is 18.6 Å². The largest absolute Gasteiger partial charge is 0.466 e. The summed E-state index contributed by atoms with van der Waals surface area (Å²) < 4.78 is 32.5. The van der Waals surface area contributed by atoms with E-state index in [0.717, 1.165) is 0 Å². The van der Waals surface area contributed by atoms with Gasteiger partial charge in [-0.15, -0.1) is 11.3 Å². The fourth-order valence-corrected chi connectivity index (χ4v) is 3.85. The standard InChI is InChI=1S/C16H19F2N5O3S/c1-8-11(15(25)26-2)9(22-13(21-8)14-20-3-4-27-14)6-23-7-16(17,18)5-10(23)12(19)24/h3-4,8,10H,5-7H2,1-2H3,(H2,19,24)(H,21,22). The molecule has 2 aliphatic rings. The lowest BCUT2D eigenvalue weighted by molar-refractivity contribution is -0.136. The molecule has 3 heterocycles. The van der Waals surface area contributed by atoms with Crippen molar-refractivity contribution in [2.75, 3.05) is 20.2 Å². The fourth-order valence-electron chi connectivity index (χ4n) is 3.26. The van der Waals surface area contributed by atoms with Crippen LogP contribution in [0.1, 0.15) is 18.4 Å². The summed E-state index contributed by atoms with van der Waals surface area (Å²) in [6.07, 6.45) is 0.963. The Morgan fingerprint density at radius 2 is 2.26 bits per heavy atom. The number of halogens is 2. The van der Waals surface area contributed by atoms with E-state index in [1.165, 1.54) is 23.3 Å². The molecule has 8 nitrogen and oxygen atoms in total. The zero-order valence-electron chi connectivity index (χ0n) is 14.7. The Morgan fingerprint density at radius 3 is 2.85 bits per heavy atom. The number of nitrogens with one attached hydrogen (secondary N) is 1. The molecule has 146 valence electrons. The van der Waals surface area contributed by atoms with Gasteiger partial charge in [-0.2, -0.15) is 0 Å². The van der Waals surface area contributed by atoms with Crippen LogP contribution in [0, 0.1) is 0 Å². The number of esters is 1. The van der Waals surface area contributed by atoms with Crippen LogP contribution in [-0.4, -0.2) is 65.8 Å². The molecule has 1 aromatic heterocycles. The van der Waals surface area contributed by atoms with Crippen LogP contribution in [0.15, 0.2) is 27.8 Å². The minimum Gasteiger partial charge on any atom is -0.466 e. The Kier molecular flexibility index (Phi) is 5.24. The number of rotatable bonds is 5. The van der Waals surface area contributed by atoms with Gasteiger partial charge < -0.3 is 15.8 Å². The molecule has 1 amide bonds. The van der Waals surface area contributed by atoms with Crippen LogP contribution < -0.4 is 11.1 Å². The maximum atomic E-state index is 13.8. The summed E-state index contributed by atoms with van der Waals surface area (Å²) in [5.74, 6) is -4.04. The van der Waals surface area contributed by atoms with Gasteiger partial charge in [-0.1, -0.05) is 0 Å². The summed E-state index contributed by atoms with van der Waals surface area (Å²) in [6, 6.07) is -1.69. The Balaban J connectivity index is 1.93. The predicted octanol–water partition coefficient (Wildman–Crippen LogP) is 0.503. The van der Waals surface area contributed by atoms with Crippen LogP contribution in [0.2, 0.25) is 0 Å². The number of alkyl halides is 2. The van der Waals surface area contributed by atoms with Crippen LogP contribution in [0.4, 0.5) is 8.78 Å². The van der Waals surface area contributed by atoms with E-state index in [-0.39, 0.29) is 12.1 Å². The number of carbonyl (C=O) groups is 2. The summed E-state index contributed by atoms with van der Waals surface area (Å²) in [7, 11) is 1.23. The van der Waals surface area contributed by atoms with Gasteiger partial charge in [-0.05, 0) is 6.92 Å². The van der Waals surface area contributed by atoms with Crippen molar-refractivity contribution in [3.8, 4) is 0 Å². The molecular formula is C16H19F2N5O3S. The van der Waals surface area contributed by atoms with Crippen molar-refractivity contribution in [3.63, 3.8) is 0 Å². The molecule has 2 atom stereocenters. The molecule has 11 heteroatoms. The van der Waals surface area contributed by atoms with Crippen molar-refractivity contribution in [3.05, 3.63) is 27.9 Å². The number of nitrogens with zero attached hydrogens (tertiary/aromatic N) is 3. The number of hydrogen-bond acceptors (Lipinski definition) is 8. The first-order valence-corrected chi connectivity index (χ1v) is 9.07. The van der Waals surface area contributed by atoms with Gasteiger partial charge in [0.05, 0.1) is 31.3 Å². The highest BCUT2D eigenvalue weighted by molar-refractivity contribution is 7.11. The quantitative estimate of drug-likeness (QED) is 0.698. The molecule has 0 aromatic carbocycles. The molecule has 1 saturated heterocycles. The Labute approximate surface area is 158 Å². The second-order valence-corrected chi connectivity index (χ2v) is 7.28. The van der Waals surface area contributed by atoms with Crippen molar-refractivity contribution in [1.82, 2.24) is 15.2 Å². The molecule has 1 fully saturated rings. The van der Waals surface area contributed by atoms with Crippen molar-refractivity contribution in [2.45, 2.75) is 31.4 Å². The molecule has 1 aromatic rings. The Hall–Kier alpha value is -2.40. The number of primary amides is 1. The van der Waals surface area contributed by atoms with Crippen LogP contribution >= 0.6 is 11.3 Å². The topological polar surface area (TPSA) is 110 Å². The third kappa shape index (κ3) is 3.98. The lowest BCUT2D eigenvalue weighted by Crippen LogP contribution is -2.45. The number of carbonyl (C=O) groups excluding carboxylic acids is 2. The molecular weight excluding hydrogens is 380 g/mol. The lowest BCUT2D eigenvalue weighted by Gasteiger charge is -2.29. The number of amides is 1. The van der Waals surface area contributed by atoms with Crippen molar-refractivity contribution in [2.24, 2.45) is 10.7 Å². The average molecular weight is 399 g/mol. The van der Waals surface area contributed by atoms with E-state index in [0.29, 0.717) is 16.5 Å². The summed E-state index contributed by atoms with van der Waals surface area (Å²) in [6.45, 7) is 0.978. The number of hydrogen-bond donors (Lipinski definition) is 2. The first kappa shape index (κ1) is 19.4. The Bertz CT molecular complexity index is 809. The number of aromatic nitrogens is 1. The fraction of sp³-hybridized carbons (Fsp3) is 0.500. The highest BCUT2D eigenvalue weighted by Gasteiger charge is 2.48. The third-order valence-corrected chi connectivity index (χ3v) is 5.21. The minimum atomic E-state index is -3.03. The third-order valence-electron chi connectivity index (χ3n) is 4.43. The van der Waals surface area contributed by atoms with Crippen molar-refractivity contribution in [1.29, 1.82) is 0 Å². The first-order valence-electron chi connectivity index (χ1n) is 8.19. The second-order valence-electron chi connectivity index (χ2n) is 6.38. The van der Waals surface area contributed by atoms with E-state index in [1.54, 1.807) is 18.5 Å². The number of amidine groups is 1. The van der Waals surface area contributed by atoms with E-state index in [4.69, 9.17) is 10.5 Å². The SMILES string of the molecule is COC(=O)C1=C(CN2CC(F)(F)CC2C(N)=O)NC(c2nccs2)=NC1C. The molecule has 2 aliphatic heterocycles. The Morgan fingerprint density at radius 1 is 1.52 bits per heavy atom. The molecule has 27 heavy (non-hydrogen) atoms. The maximum absolute atomic E-state index is 13.8. The molecule has 2 unspecified atom stereocenters. The molecule has 0 bridgehead atoms. The summed E-state index contributed by atoms with van der Waals surface area (Å²) in [4.78, 5) is 33.7. The van der Waals surface area contributed by atoms with Crippen molar-refractivity contribution < 1.29 is 23.1 Å². The predicted molar refractivity (Wildman–Crippen MR) is 94.4 cm³/mol. The summed E-state index contributed by atoms with van der Waals surface area (Å²) in [5, 5.41) is 5.37. The normalized spacial score (nSPS) is 25.1. The van der Waals surface area contributed by atoms with E-state index in [9.17, 15) is 18.4 Å². The summed E-state index contributed by atoms with van der Waals surface area (Å²) in [5.41, 5.74) is 5.86. The molecule has 0 saturated carbocycles. The zero-order valence-corrected chi connectivity index (χ0v) is 15.6. The van der Waals surface area contributed by atoms with Crippen LogP contribution in [0.25, 0.3) is 0 Å². The second kappa shape index (κ2) is 7.31. The molecule has 0 aliphatic carbocycles. The number of thiazole rings is 1. The maximum Gasteiger partial charge on any atom is 0.337 e. The first-order chi connectivity index (χ1) is 12.7. The van der Waals surface area contributed by atoms with Crippen LogP contribution in [0.5, 0.6) is 0 Å². The zero-order chi connectivity index (χ0) is 19.8. The minimum absolute atomic E-state index is 0.0949. The number of likely N-dealkylation sites (tertiary alicyclic amines) is 1. The van der Waals surface area contributed by atoms with Gasteiger partial charge in [0.25, 0.3) is 5.92 Å². The van der Waals surface area contributed by atoms with Gasteiger partial charge in [-0.3, -0.25) is 14.7 Å². The van der Waals surface area contributed by atoms with Gasteiger partial charge >= 0.3 is 5.97 Å². The van der Waals surface area contributed by atoms with Gasteiger partial charge in [0.2, 0.25) is 5.91 Å². The highest BCUT2D eigenvalue weighted by atomic mass is 32.1. The van der Waals surface area contributed by atoms with E-state index >= 15 is 0 Å². The molecule has 3 N–H and O–H groups in total. The van der Waals surface area contributed by atoms with Crippen molar-refractivity contribution >= 4 is 29.0 Å². The molecule has 3 rings (SSSR count). The van der Waals surface area contributed by atoms with E-state index < -0.39 is 42.8 Å². The van der Waals surface area contributed by atoms with E-state index in [2.05, 4.69) is 15.3 Å². The van der Waals surface area contributed by atoms with E-state index in [1.807, 2.05) is 0 Å². The number of nitrogens with two attached hydrogens (primary N) is 1. The van der Waals surface area contributed by atoms with Gasteiger partial charge in [0.15, 0.2) is 10.8 Å². The summed E-state index contributed by atoms with van der Waals surface area (Å²) >= 11 is 1.35. The smallest absolute Gasteiger partial charge is 0.337 e. The molecule has 0 radical (unpaired) electrons. The van der Waals surface area contributed by atoms with Gasteiger partial charge in [0, 0.05) is 30.2 Å². The van der Waals surface area contributed by atoms with Gasteiger partial charge in [0.1, 0.15) is 0 Å². The molecule has 0 spiro atoms. The lowest BCUT2D eigenvalue weighted by atomic mass is 10.0. The number of ether oxygens (including phenoxy) is 1. The highest BCUT2D eigenvalue weighted by Crippen LogP contribution is 2.33. The number of aliphatic imine (C=N–C) groups is 1. The number of methoxy groups -OCH3 is 1.